The van der Waals surface area contributed by atoms with E-state index in [1.807, 2.05) is 0 Å². The van der Waals surface area contributed by atoms with E-state index in [0.717, 1.165) is 32.5 Å². The highest BCUT2D eigenvalue weighted by molar-refractivity contribution is 5.85. The Balaban J connectivity index is 0.00000180. The highest BCUT2D eigenvalue weighted by atomic mass is 35.5. The van der Waals surface area contributed by atoms with Crippen LogP contribution in [0.4, 0.5) is 0 Å². The van der Waals surface area contributed by atoms with Crippen LogP contribution in [0.15, 0.2) is 18.2 Å². The first kappa shape index (κ1) is 16.0. The molecule has 3 nitrogen and oxygen atoms in total. The molecule has 1 saturated heterocycles. The molecule has 1 unspecified atom stereocenters. The van der Waals surface area contributed by atoms with E-state index in [1.165, 1.54) is 16.7 Å². The van der Waals surface area contributed by atoms with Crippen LogP contribution in [-0.4, -0.2) is 25.5 Å². The second-order valence-corrected chi connectivity index (χ2v) is 5.23. The summed E-state index contributed by atoms with van der Waals surface area (Å²) >= 11 is 0. The number of hydrogen-bond acceptors (Lipinski definition) is 2. The monoisotopic (exact) mass is 282 g/mol. The van der Waals surface area contributed by atoms with Crippen molar-refractivity contribution in [3.8, 4) is 0 Å². The second kappa shape index (κ2) is 7.51. The Kier molecular flexibility index (Phi) is 6.32. The number of rotatable bonds is 4. The van der Waals surface area contributed by atoms with Crippen LogP contribution in [0.1, 0.15) is 23.1 Å². The molecule has 19 heavy (non-hydrogen) atoms. The third-order valence-corrected chi connectivity index (χ3v) is 3.43. The summed E-state index contributed by atoms with van der Waals surface area (Å²) in [6, 6.07) is 6.55. The highest BCUT2D eigenvalue weighted by Gasteiger charge is 2.21. The maximum absolute atomic E-state index is 11.8. The number of hydrogen-bond donors (Lipinski definition) is 2. The molecule has 0 aliphatic carbocycles. The Bertz CT molecular complexity index is 408. The molecule has 1 aliphatic heterocycles. The Morgan fingerprint density at radius 3 is 2.58 bits per heavy atom. The highest BCUT2D eigenvalue weighted by Crippen LogP contribution is 2.10. The fourth-order valence-electron chi connectivity index (χ4n) is 2.57. The molecule has 0 aromatic heterocycles. The molecule has 1 aromatic rings. The number of benzene rings is 1. The van der Waals surface area contributed by atoms with Crippen molar-refractivity contribution in [3.63, 3.8) is 0 Å². The van der Waals surface area contributed by atoms with Gasteiger partial charge in [0.1, 0.15) is 0 Å². The lowest BCUT2D eigenvalue weighted by atomic mass is 10.0. The minimum absolute atomic E-state index is 0. The molecule has 2 rings (SSSR count). The number of carbonyl (C=O) groups excluding carboxylic acids is 1. The number of halogens is 1. The number of carbonyl (C=O) groups is 1. The Hall–Kier alpha value is -1.06. The smallest absolute Gasteiger partial charge is 0.224 e. The minimum Gasteiger partial charge on any atom is -0.355 e. The molecule has 1 amide bonds. The maximum atomic E-state index is 11.8. The lowest BCUT2D eigenvalue weighted by Crippen LogP contribution is -2.33. The number of nitrogens with one attached hydrogen (secondary N) is 2. The fraction of sp³-hybridized carbons (Fsp3) is 0.533. The zero-order valence-corrected chi connectivity index (χ0v) is 12.5. The van der Waals surface area contributed by atoms with Crippen molar-refractivity contribution < 1.29 is 4.79 Å². The van der Waals surface area contributed by atoms with Crippen molar-refractivity contribution in [2.75, 3.05) is 19.6 Å². The van der Waals surface area contributed by atoms with Crippen LogP contribution >= 0.6 is 12.4 Å². The summed E-state index contributed by atoms with van der Waals surface area (Å²) in [4.78, 5) is 11.8. The molecule has 2 N–H and O–H groups in total. The Morgan fingerprint density at radius 1 is 1.32 bits per heavy atom. The lowest BCUT2D eigenvalue weighted by molar-refractivity contribution is -0.124. The lowest BCUT2D eigenvalue weighted by Gasteiger charge is -2.10. The van der Waals surface area contributed by atoms with Gasteiger partial charge in [-0.1, -0.05) is 29.3 Å². The molecular formula is C15H23ClN2O. The van der Waals surface area contributed by atoms with Crippen molar-refractivity contribution in [3.05, 3.63) is 34.9 Å². The molecule has 1 heterocycles. The molecule has 1 atom stereocenters. The van der Waals surface area contributed by atoms with E-state index < -0.39 is 0 Å². The summed E-state index contributed by atoms with van der Waals surface area (Å²) in [6.07, 6.45) is 1.88. The first-order valence-electron chi connectivity index (χ1n) is 6.71. The summed E-state index contributed by atoms with van der Waals surface area (Å²) in [7, 11) is 0. The molecule has 0 radical (unpaired) electrons. The Labute approximate surface area is 121 Å². The largest absolute Gasteiger partial charge is 0.355 e. The first-order valence-corrected chi connectivity index (χ1v) is 6.71. The zero-order valence-electron chi connectivity index (χ0n) is 11.7. The summed E-state index contributed by atoms with van der Waals surface area (Å²) in [5, 5.41) is 6.25. The van der Waals surface area contributed by atoms with Gasteiger partial charge in [0.25, 0.3) is 0 Å². The number of amides is 1. The second-order valence-electron chi connectivity index (χ2n) is 5.23. The van der Waals surface area contributed by atoms with Crippen molar-refractivity contribution in [1.82, 2.24) is 10.6 Å². The normalized spacial score (nSPS) is 17.9. The van der Waals surface area contributed by atoms with E-state index >= 15 is 0 Å². The van der Waals surface area contributed by atoms with Gasteiger partial charge in [-0.05, 0) is 38.8 Å². The van der Waals surface area contributed by atoms with Crippen molar-refractivity contribution in [2.24, 2.45) is 5.92 Å². The molecule has 0 bridgehead atoms. The summed E-state index contributed by atoms with van der Waals surface area (Å²) in [5.41, 5.74) is 3.88. The third kappa shape index (κ3) is 4.84. The Morgan fingerprint density at radius 2 is 2.00 bits per heavy atom. The molecule has 1 aromatic carbocycles. The summed E-state index contributed by atoms with van der Waals surface area (Å²) in [5.74, 6) is 0.369. The van der Waals surface area contributed by atoms with Gasteiger partial charge in [0.15, 0.2) is 0 Å². The van der Waals surface area contributed by atoms with Crippen LogP contribution in [-0.2, 0) is 11.2 Å². The molecule has 1 aliphatic rings. The predicted octanol–water partition coefficient (Wildman–Crippen LogP) is 1.99. The van der Waals surface area contributed by atoms with Crippen molar-refractivity contribution in [2.45, 2.75) is 26.7 Å². The van der Waals surface area contributed by atoms with E-state index in [2.05, 4.69) is 42.7 Å². The molecule has 1 fully saturated rings. The van der Waals surface area contributed by atoms with Crippen LogP contribution < -0.4 is 10.6 Å². The quantitative estimate of drug-likeness (QED) is 0.887. The summed E-state index contributed by atoms with van der Waals surface area (Å²) < 4.78 is 0. The van der Waals surface area contributed by atoms with E-state index in [9.17, 15) is 4.79 Å². The van der Waals surface area contributed by atoms with E-state index in [4.69, 9.17) is 0 Å². The standard InChI is InChI=1S/C15H22N2O.ClH/c1-11-7-12(2)9-13(8-11)3-6-17-15(18)14-4-5-16-10-14;/h7-9,14,16H,3-6,10H2,1-2H3,(H,17,18);1H. The van der Waals surface area contributed by atoms with Gasteiger partial charge in [0.2, 0.25) is 5.91 Å². The van der Waals surface area contributed by atoms with Gasteiger partial charge in [-0.25, -0.2) is 0 Å². The van der Waals surface area contributed by atoms with Gasteiger partial charge in [0.05, 0.1) is 5.92 Å². The van der Waals surface area contributed by atoms with Crippen LogP contribution in [0.2, 0.25) is 0 Å². The van der Waals surface area contributed by atoms with E-state index in [-0.39, 0.29) is 24.2 Å². The molecule has 106 valence electrons. The molecule has 0 saturated carbocycles. The maximum Gasteiger partial charge on any atom is 0.224 e. The third-order valence-electron chi connectivity index (χ3n) is 3.43. The average Bonchev–Trinajstić information content (AvgIpc) is 2.80. The van der Waals surface area contributed by atoms with Gasteiger partial charge in [-0.2, -0.15) is 0 Å². The van der Waals surface area contributed by atoms with Crippen LogP contribution in [0.3, 0.4) is 0 Å². The van der Waals surface area contributed by atoms with Crippen LogP contribution in [0, 0.1) is 19.8 Å². The van der Waals surface area contributed by atoms with Crippen LogP contribution in [0.5, 0.6) is 0 Å². The minimum atomic E-state index is 0. The number of aryl methyl sites for hydroxylation is 2. The molecule has 0 spiro atoms. The average molecular weight is 283 g/mol. The topological polar surface area (TPSA) is 41.1 Å². The molecular weight excluding hydrogens is 260 g/mol. The van der Waals surface area contributed by atoms with Crippen molar-refractivity contribution >= 4 is 18.3 Å². The van der Waals surface area contributed by atoms with E-state index in [1.54, 1.807) is 0 Å². The molecule has 4 heteroatoms. The fourth-order valence-corrected chi connectivity index (χ4v) is 2.57. The predicted molar refractivity (Wildman–Crippen MR) is 80.9 cm³/mol. The van der Waals surface area contributed by atoms with Gasteiger partial charge in [0, 0.05) is 13.1 Å². The SMILES string of the molecule is Cc1cc(C)cc(CCNC(=O)C2CCNC2)c1.Cl. The van der Waals surface area contributed by atoms with Crippen LogP contribution in [0.25, 0.3) is 0 Å². The summed E-state index contributed by atoms with van der Waals surface area (Å²) in [6.45, 7) is 6.75. The van der Waals surface area contributed by atoms with Gasteiger partial charge in [-0.3, -0.25) is 4.79 Å². The van der Waals surface area contributed by atoms with Crippen molar-refractivity contribution in [1.29, 1.82) is 0 Å². The van der Waals surface area contributed by atoms with Gasteiger partial charge >= 0.3 is 0 Å². The zero-order chi connectivity index (χ0) is 13.0. The first-order chi connectivity index (χ1) is 8.65. The van der Waals surface area contributed by atoms with E-state index in [0.29, 0.717) is 0 Å². The van der Waals surface area contributed by atoms with Gasteiger partial charge < -0.3 is 10.6 Å². The van der Waals surface area contributed by atoms with Gasteiger partial charge in [-0.15, -0.1) is 12.4 Å².